The Morgan fingerprint density at radius 3 is 2.46 bits per heavy atom. The van der Waals surface area contributed by atoms with Crippen molar-refractivity contribution in [2.75, 3.05) is 20.8 Å². The van der Waals surface area contributed by atoms with E-state index in [1.165, 1.54) is 20.4 Å². The van der Waals surface area contributed by atoms with E-state index in [2.05, 4.69) is 10.5 Å². The third-order valence-corrected chi connectivity index (χ3v) is 3.07. The molecule has 7 heteroatoms. The molecular weight excluding hydrogens is 312 g/mol. The smallest absolute Gasteiger partial charge is 0.277 e. The summed E-state index contributed by atoms with van der Waals surface area (Å²) in [6, 6.07) is 12.0. The molecule has 2 aromatic carbocycles. The van der Waals surface area contributed by atoms with Crippen molar-refractivity contribution in [2.24, 2.45) is 5.10 Å². The van der Waals surface area contributed by atoms with Crippen LogP contribution in [0.15, 0.2) is 47.6 Å². The maximum absolute atomic E-state index is 11.7. The highest BCUT2D eigenvalue weighted by Gasteiger charge is 2.07. The topological polar surface area (TPSA) is 89.4 Å². The van der Waals surface area contributed by atoms with Gasteiger partial charge in [-0.05, 0) is 24.3 Å². The molecule has 0 heterocycles. The number of para-hydroxylation sites is 3. The van der Waals surface area contributed by atoms with Gasteiger partial charge in [-0.3, -0.25) is 4.79 Å². The number of hydrazone groups is 1. The second kappa shape index (κ2) is 8.42. The van der Waals surface area contributed by atoms with Gasteiger partial charge in [0, 0.05) is 5.56 Å². The summed E-state index contributed by atoms with van der Waals surface area (Å²) in [6.07, 6.45) is 1.32. The van der Waals surface area contributed by atoms with Crippen LogP contribution in [0.4, 0.5) is 0 Å². The number of nitrogens with one attached hydrogen (secondary N) is 1. The molecule has 2 aromatic rings. The molecule has 0 aliphatic carbocycles. The fourth-order valence-electron chi connectivity index (χ4n) is 1.90. The molecule has 0 bridgehead atoms. The third kappa shape index (κ3) is 4.39. The lowest BCUT2D eigenvalue weighted by Crippen LogP contribution is -2.24. The number of nitrogens with zero attached hydrogens (tertiary/aromatic N) is 1. The second-order valence-electron chi connectivity index (χ2n) is 4.63. The molecule has 2 rings (SSSR count). The fourth-order valence-corrected chi connectivity index (χ4v) is 1.90. The van der Waals surface area contributed by atoms with Crippen LogP contribution in [0.3, 0.4) is 0 Å². The number of phenols is 1. The van der Waals surface area contributed by atoms with Gasteiger partial charge >= 0.3 is 0 Å². The van der Waals surface area contributed by atoms with Crippen LogP contribution < -0.4 is 19.6 Å². The first-order valence-corrected chi connectivity index (χ1v) is 7.09. The van der Waals surface area contributed by atoms with Crippen molar-refractivity contribution in [1.29, 1.82) is 0 Å². The van der Waals surface area contributed by atoms with Crippen molar-refractivity contribution in [3.05, 3.63) is 48.0 Å². The summed E-state index contributed by atoms with van der Waals surface area (Å²) in [6.45, 7) is -0.220. The number of carbonyl (C=O) groups excluding carboxylic acids is 1. The van der Waals surface area contributed by atoms with Gasteiger partial charge in [0.1, 0.15) is 0 Å². The van der Waals surface area contributed by atoms with Gasteiger partial charge in [-0.25, -0.2) is 5.43 Å². The van der Waals surface area contributed by atoms with E-state index in [9.17, 15) is 9.90 Å². The molecule has 24 heavy (non-hydrogen) atoms. The molecule has 0 saturated carbocycles. The Labute approximate surface area is 139 Å². The van der Waals surface area contributed by atoms with Gasteiger partial charge in [-0.2, -0.15) is 5.10 Å². The number of amides is 1. The normalized spacial score (nSPS) is 10.4. The number of phenolic OH excluding ortho intramolecular Hbond substituents is 1. The van der Waals surface area contributed by atoms with Crippen molar-refractivity contribution < 1.29 is 24.1 Å². The average Bonchev–Trinajstić information content (AvgIpc) is 2.61. The number of aromatic hydroxyl groups is 1. The highest BCUT2D eigenvalue weighted by atomic mass is 16.5. The summed E-state index contributed by atoms with van der Waals surface area (Å²) in [5, 5.41) is 13.7. The minimum atomic E-state index is -0.445. The molecule has 0 aromatic heterocycles. The summed E-state index contributed by atoms with van der Waals surface area (Å²) in [5.41, 5.74) is 2.73. The van der Waals surface area contributed by atoms with Gasteiger partial charge in [0.15, 0.2) is 29.6 Å². The van der Waals surface area contributed by atoms with Gasteiger partial charge in [-0.1, -0.05) is 18.2 Å². The van der Waals surface area contributed by atoms with E-state index in [0.29, 0.717) is 22.8 Å². The third-order valence-electron chi connectivity index (χ3n) is 3.07. The molecule has 1 amide bonds. The number of benzene rings is 2. The van der Waals surface area contributed by atoms with Crippen LogP contribution >= 0.6 is 0 Å². The first-order chi connectivity index (χ1) is 11.7. The van der Waals surface area contributed by atoms with Crippen molar-refractivity contribution in [3.63, 3.8) is 0 Å². The number of rotatable bonds is 7. The second-order valence-corrected chi connectivity index (χ2v) is 4.63. The van der Waals surface area contributed by atoms with E-state index in [1.807, 2.05) is 0 Å². The maximum Gasteiger partial charge on any atom is 0.277 e. The summed E-state index contributed by atoms with van der Waals surface area (Å²) in [7, 11) is 2.97. The van der Waals surface area contributed by atoms with Gasteiger partial charge in [0.25, 0.3) is 5.91 Å². The molecule has 0 spiro atoms. The molecule has 2 N–H and O–H groups in total. The van der Waals surface area contributed by atoms with E-state index < -0.39 is 5.91 Å². The Kier molecular flexibility index (Phi) is 6.01. The predicted molar refractivity (Wildman–Crippen MR) is 88.9 cm³/mol. The Balaban J connectivity index is 1.89. The number of carbonyl (C=O) groups is 1. The van der Waals surface area contributed by atoms with Gasteiger partial charge in [0.2, 0.25) is 0 Å². The largest absolute Gasteiger partial charge is 0.504 e. The van der Waals surface area contributed by atoms with Gasteiger partial charge in [0.05, 0.1) is 20.4 Å². The average molecular weight is 330 g/mol. The molecule has 7 nitrogen and oxygen atoms in total. The van der Waals surface area contributed by atoms with Crippen LogP contribution in [0.2, 0.25) is 0 Å². The highest BCUT2D eigenvalue weighted by molar-refractivity contribution is 5.86. The number of ether oxygens (including phenoxy) is 3. The van der Waals surface area contributed by atoms with Crippen LogP contribution in [-0.2, 0) is 4.79 Å². The Hall–Kier alpha value is -3.22. The zero-order valence-corrected chi connectivity index (χ0v) is 13.4. The lowest BCUT2D eigenvalue weighted by Gasteiger charge is -2.09. The Morgan fingerprint density at radius 2 is 1.75 bits per heavy atom. The zero-order chi connectivity index (χ0) is 17.4. The van der Waals surface area contributed by atoms with Gasteiger partial charge < -0.3 is 19.3 Å². The molecule has 0 atom stereocenters. The van der Waals surface area contributed by atoms with E-state index in [0.717, 1.165) is 0 Å². The summed E-state index contributed by atoms with van der Waals surface area (Å²) < 4.78 is 15.5. The van der Waals surface area contributed by atoms with E-state index in [4.69, 9.17) is 14.2 Å². The van der Waals surface area contributed by atoms with Crippen molar-refractivity contribution in [2.45, 2.75) is 0 Å². The van der Waals surface area contributed by atoms with Crippen LogP contribution in [-0.4, -0.2) is 38.1 Å². The van der Waals surface area contributed by atoms with E-state index >= 15 is 0 Å². The summed E-state index contributed by atoms with van der Waals surface area (Å²) in [5.74, 6) is 0.826. The maximum atomic E-state index is 11.7. The Morgan fingerprint density at radius 1 is 1.08 bits per heavy atom. The van der Waals surface area contributed by atoms with Crippen molar-refractivity contribution in [3.8, 4) is 23.0 Å². The molecule has 126 valence electrons. The predicted octanol–water partition coefficient (Wildman–Crippen LogP) is 1.94. The number of methoxy groups -OCH3 is 2. The molecule has 0 radical (unpaired) electrons. The SMILES string of the molecule is COc1ccccc1OCC(=O)N/N=C/c1cccc(OC)c1O. The quantitative estimate of drug-likeness (QED) is 0.598. The minimum Gasteiger partial charge on any atom is -0.504 e. The Bertz CT molecular complexity index is 731. The first kappa shape index (κ1) is 17.1. The highest BCUT2D eigenvalue weighted by Crippen LogP contribution is 2.28. The summed E-state index contributed by atoms with van der Waals surface area (Å²) in [4.78, 5) is 11.7. The van der Waals surface area contributed by atoms with Crippen molar-refractivity contribution >= 4 is 12.1 Å². The van der Waals surface area contributed by atoms with E-state index in [1.54, 1.807) is 42.5 Å². The number of hydrogen-bond acceptors (Lipinski definition) is 6. The van der Waals surface area contributed by atoms with Crippen molar-refractivity contribution in [1.82, 2.24) is 5.43 Å². The summed E-state index contributed by atoms with van der Waals surface area (Å²) >= 11 is 0. The zero-order valence-electron chi connectivity index (χ0n) is 13.4. The van der Waals surface area contributed by atoms with Crippen LogP contribution in [0.5, 0.6) is 23.0 Å². The fraction of sp³-hybridized carbons (Fsp3) is 0.176. The van der Waals surface area contributed by atoms with Crippen LogP contribution in [0.1, 0.15) is 5.56 Å². The lowest BCUT2D eigenvalue weighted by molar-refractivity contribution is -0.123. The molecular formula is C17H18N2O5. The lowest BCUT2D eigenvalue weighted by atomic mass is 10.2. The standard InChI is InChI=1S/C17H18N2O5/c1-22-13-7-3-4-8-14(13)24-11-16(20)19-18-10-12-6-5-9-15(23-2)17(12)21/h3-10,21H,11H2,1-2H3,(H,19,20)/b18-10+. The van der Waals surface area contributed by atoms with E-state index in [-0.39, 0.29) is 12.4 Å². The molecule has 0 aliphatic rings. The van der Waals surface area contributed by atoms with Crippen LogP contribution in [0, 0.1) is 0 Å². The minimum absolute atomic E-state index is 0.0525. The molecule has 0 unspecified atom stereocenters. The van der Waals surface area contributed by atoms with Gasteiger partial charge in [-0.15, -0.1) is 0 Å². The molecule has 0 fully saturated rings. The monoisotopic (exact) mass is 330 g/mol. The van der Waals surface area contributed by atoms with Crippen LogP contribution in [0.25, 0.3) is 0 Å². The first-order valence-electron chi connectivity index (χ1n) is 7.09. The number of hydrogen-bond donors (Lipinski definition) is 2. The molecule has 0 aliphatic heterocycles. The molecule has 0 saturated heterocycles.